The first kappa shape index (κ1) is 12.1. The molecule has 19 heavy (non-hydrogen) atoms. The van der Waals surface area contributed by atoms with Crippen molar-refractivity contribution in [1.82, 2.24) is 19.5 Å². The SMILES string of the molecule is Nc1ncnc2c1ncn2CC[Se]c1ccccc1. The zero-order valence-corrected chi connectivity index (χ0v) is 11.9. The number of hydrogen-bond acceptors (Lipinski definition) is 4. The van der Waals surface area contributed by atoms with E-state index in [0.717, 1.165) is 17.5 Å². The molecule has 96 valence electrons. The third-order valence-electron chi connectivity index (χ3n) is 2.77. The Morgan fingerprint density at radius 2 is 1.95 bits per heavy atom. The van der Waals surface area contributed by atoms with Crippen molar-refractivity contribution in [3.8, 4) is 0 Å². The number of fused-ring (bicyclic) bond motifs is 1. The summed E-state index contributed by atoms with van der Waals surface area (Å²) in [6, 6.07) is 10.6. The molecule has 0 fully saturated rings. The van der Waals surface area contributed by atoms with Crippen molar-refractivity contribution in [3.05, 3.63) is 43.0 Å². The molecule has 0 amide bonds. The van der Waals surface area contributed by atoms with Crippen LogP contribution in [0.4, 0.5) is 5.82 Å². The van der Waals surface area contributed by atoms with E-state index in [4.69, 9.17) is 5.73 Å². The topological polar surface area (TPSA) is 69.6 Å². The van der Waals surface area contributed by atoms with Crippen molar-refractivity contribution < 1.29 is 0 Å². The quantitative estimate of drug-likeness (QED) is 0.724. The van der Waals surface area contributed by atoms with Crippen LogP contribution in [0.15, 0.2) is 43.0 Å². The molecule has 5 nitrogen and oxygen atoms in total. The second-order valence-corrected chi connectivity index (χ2v) is 6.48. The number of benzene rings is 1. The van der Waals surface area contributed by atoms with E-state index in [1.54, 1.807) is 6.33 Å². The first-order chi connectivity index (χ1) is 9.34. The van der Waals surface area contributed by atoms with Crippen molar-refractivity contribution in [2.75, 3.05) is 5.73 Å². The van der Waals surface area contributed by atoms with Gasteiger partial charge in [0.05, 0.1) is 0 Å². The van der Waals surface area contributed by atoms with Crippen molar-refractivity contribution in [3.63, 3.8) is 0 Å². The van der Waals surface area contributed by atoms with Gasteiger partial charge in [-0.05, 0) is 0 Å². The van der Waals surface area contributed by atoms with Crippen molar-refractivity contribution in [2.24, 2.45) is 0 Å². The van der Waals surface area contributed by atoms with Crippen LogP contribution in [0.3, 0.4) is 0 Å². The van der Waals surface area contributed by atoms with E-state index in [2.05, 4.69) is 39.2 Å². The van der Waals surface area contributed by atoms with Crippen LogP contribution in [-0.4, -0.2) is 34.5 Å². The predicted octanol–water partition coefficient (Wildman–Crippen LogP) is 0.856. The number of hydrogen-bond donors (Lipinski definition) is 1. The Labute approximate surface area is 117 Å². The van der Waals surface area contributed by atoms with Gasteiger partial charge in [-0.3, -0.25) is 0 Å². The summed E-state index contributed by atoms with van der Waals surface area (Å²) in [7, 11) is 0. The number of rotatable bonds is 4. The Morgan fingerprint density at radius 1 is 1.11 bits per heavy atom. The van der Waals surface area contributed by atoms with E-state index >= 15 is 0 Å². The third-order valence-corrected chi connectivity index (χ3v) is 4.86. The normalized spacial score (nSPS) is 10.9. The zero-order chi connectivity index (χ0) is 13.1. The van der Waals surface area contributed by atoms with Crippen LogP contribution in [0.2, 0.25) is 5.32 Å². The molecule has 1 aromatic carbocycles. The predicted molar refractivity (Wildman–Crippen MR) is 76.4 cm³/mol. The Kier molecular flexibility index (Phi) is 3.44. The second kappa shape index (κ2) is 5.38. The molecule has 0 spiro atoms. The summed E-state index contributed by atoms with van der Waals surface area (Å²) in [5.74, 6) is 0.442. The van der Waals surface area contributed by atoms with E-state index in [1.807, 2.05) is 10.6 Å². The number of nitrogens with two attached hydrogens (primary N) is 1. The molecule has 0 aliphatic carbocycles. The fourth-order valence-electron chi connectivity index (χ4n) is 1.84. The van der Waals surface area contributed by atoms with Gasteiger partial charge in [0.15, 0.2) is 0 Å². The maximum absolute atomic E-state index is 5.77. The Balaban J connectivity index is 1.71. The second-order valence-electron chi connectivity index (χ2n) is 4.03. The standard InChI is InChI=1S/C13H13N5Se/c14-12-11-13(16-8-15-12)18(9-17-11)6-7-19-10-4-2-1-3-5-10/h1-5,8-9H,6-7H2,(H2,14,15,16). The zero-order valence-electron chi connectivity index (χ0n) is 10.2. The van der Waals surface area contributed by atoms with Gasteiger partial charge in [0.2, 0.25) is 0 Å². The molecule has 3 rings (SSSR count). The van der Waals surface area contributed by atoms with Crippen LogP contribution in [0.25, 0.3) is 11.2 Å². The first-order valence-electron chi connectivity index (χ1n) is 5.94. The number of nitrogens with zero attached hydrogens (tertiary/aromatic N) is 4. The fourth-order valence-corrected chi connectivity index (χ4v) is 3.67. The van der Waals surface area contributed by atoms with Gasteiger partial charge >= 0.3 is 117 Å². The molecule has 0 atom stereocenters. The average Bonchev–Trinajstić information content (AvgIpc) is 2.85. The first-order valence-corrected chi connectivity index (χ1v) is 8.00. The molecular weight excluding hydrogens is 305 g/mol. The van der Waals surface area contributed by atoms with Crippen LogP contribution >= 0.6 is 0 Å². The Morgan fingerprint density at radius 3 is 2.79 bits per heavy atom. The van der Waals surface area contributed by atoms with Gasteiger partial charge < -0.3 is 0 Å². The minimum atomic E-state index is 0.442. The molecule has 0 saturated heterocycles. The Bertz CT molecular complexity index is 680. The summed E-state index contributed by atoms with van der Waals surface area (Å²) in [5, 5.41) is 1.10. The molecule has 0 bridgehead atoms. The van der Waals surface area contributed by atoms with E-state index in [-0.39, 0.29) is 0 Å². The molecule has 2 heterocycles. The van der Waals surface area contributed by atoms with Gasteiger partial charge in [-0.2, -0.15) is 0 Å². The maximum atomic E-state index is 5.77. The van der Waals surface area contributed by atoms with Crippen LogP contribution in [0, 0.1) is 0 Å². The van der Waals surface area contributed by atoms with Crippen LogP contribution in [0.1, 0.15) is 0 Å². The number of nitrogen functional groups attached to an aromatic ring is 1. The van der Waals surface area contributed by atoms with E-state index in [9.17, 15) is 0 Å². The van der Waals surface area contributed by atoms with Gasteiger partial charge in [-0.25, -0.2) is 0 Å². The molecule has 0 saturated carbocycles. The Hall–Kier alpha value is -1.91. The molecular formula is C13H13N5Se. The molecule has 3 aromatic rings. The third kappa shape index (κ3) is 2.59. The van der Waals surface area contributed by atoms with Gasteiger partial charge in [0.25, 0.3) is 0 Å². The van der Waals surface area contributed by atoms with Crippen molar-refractivity contribution in [2.45, 2.75) is 11.9 Å². The van der Waals surface area contributed by atoms with Crippen LogP contribution < -0.4 is 10.2 Å². The molecule has 6 heteroatoms. The fraction of sp³-hybridized carbons (Fsp3) is 0.154. The van der Waals surface area contributed by atoms with Gasteiger partial charge in [0.1, 0.15) is 0 Å². The summed E-state index contributed by atoms with van der Waals surface area (Å²) in [5.41, 5.74) is 7.27. The molecule has 0 aliphatic rings. The minimum absolute atomic E-state index is 0.442. The number of aryl methyl sites for hydroxylation is 1. The van der Waals surface area contributed by atoms with E-state index in [0.29, 0.717) is 26.3 Å². The molecule has 0 unspecified atom stereocenters. The average molecular weight is 318 g/mol. The van der Waals surface area contributed by atoms with Crippen molar-refractivity contribution >= 4 is 36.4 Å². The number of anilines is 1. The molecule has 0 aliphatic heterocycles. The van der Waals surface area contributed by atoms with Crippen LogP contribution in [0.5, 0.6) is 0 Å². The van der Waals surface area contributed by atoms with Gasteiger partial charge in [0, 0.05) is 0 Å². The molecule has 0 radical (unpaired) electrons. The molecule has 2 aromatic heterocycles. The number of aromatic nitrogens is 4. The summed E-state index contributed by atoms with van der Waals surface area (Å²) in [4.78, 5) is 12.5. The van der Waals surface area contributed by atoms with Gasteiger partial charge in [-0.1, -0.05) is 0 Å². The summed E-state index contributed by atoms with van der Waals surface area (Å²) in [6.45, 7) is 0.905. The van der Waals surface area contributed by atoms with Gasteiger partial charge in [-0.15, -0.1) is 0 Å². The summed E-state index contributed by atoms with van der Waals surface area (Å²) >= 11 is 0.469. The number of imidazole rings is 1. The monoisotopic (exact) mass is 319 g/mol. The summed E-state index contributed by atoms with van der Waals surface area (Å²) in [6.07, 6.45) is 3.27. The van der Waals surface area contributed by atoms with Crippen molar-refractivity contribution in [1.29, 1.82) is 0 Å². The van der Waals surface area contributed by atoms with Crippen LogP contribution in [-0.2, 0) is 6.54 Å². The van der Waals surface area contributed by atoms with E-state index in [1.165, 1.54) is 10.8 Å². The van der Waals surface area contributed by atoms with E-state index < -0.39 is 0 Å². The summed E-state index contributed by atoms with van der Waals surface area (Å²) < 4.78 is 3.45. The molecule has 2 N–H and O–H groups in total.